The van der Waals surface area contributed by atoms with Crippen LogP contribution < -0.4 is 0 Å². The maximum Gasteiger partial charge on any atom is 0.335 e. The largest absolute Gasteiger partial charge is 0.459 e. The number of rotatable bonds is 9. The van der Waals surface area contributed by atoms with Crippen LogP contribution in [0.3, 0.4) is 0 Å². The predicted molar refractivity (Wildman–Crippen MR) is 123 cm³/mol. The molecule has 2 rings (SSSR count). The number of hydrogen-bond acceptors (Lipinski definition) is 6. The van der Waals surface area contributed by atoms with Gasteiger partial charge in [0, 0.05) is 6.26 Å². The van der Waals surface area contributed by atoms with Gasteiger partial charge in [-0.2, -0.15) is 0 Å². The fraction of sp³-hybridized carbons (Fsp3) is 0.636. The van der Waals surface area contributed by atoms with E-state index in [-0.39, 0.29) is 35.8 Å². The number of benzene rings is 1. The third-order valence-corrected chi connectivity index (χ3v) is 12.8. The quantitative estimate of drug-likeness (QED) is 0.313. The van der Waals surface area contributed by atoms with E-state index in [0.717, 1.165) is 11.8 Å². The normalized spacial score (nSPS) is 20.9. The summed E-state index contributed by atoms with van der Waals surface area (Å²) in [5, 5.41) is -0.0216. The van der Waals surface area contributed by atoms with E-state index in [2.05, 4.69) is 33.9 Å². The van der Waals surface area contributed by atoms with Crippen LogP contribution in [0, 0.1) is 0 Å². The lowest BCUT2D eigenvalue weighted by Crippen LogP contribution is -2.75. The van der Waals surface area contributed by atoms with E-state index < -0.39 is 36.2 Å². The summed E-state index contributed by atoms with van der Waals surface area (Å²) in [6.45, 7) is 12.6. The highest BCUT2D eigenvalue weighted by atomic mass is 32.2. The number of amides is 1. The van der Waals surface area contributed by atoms with Gasteiger partial charge in [0.25, 0.3) is 0 Å². The van der Waals surface area contributed by atoms with Crippen molar-refractivity contribution in [1.82, 2.24) is 4.57 Å². The van der Waals surface area contributed by atoms with Gasteiger partial charge in [-0.3, -0.25) is 4.79 Å². The third kappa shape index (κ3) is 6.17. The molecule has 0 saturated carbocycles. The summed E-state index contributed by atoms with van der Waals surface area (Å²) < 4.78 is 36.5. The molecule has 0 radical (unpaired) electrons. The Kier molecular flexibility index (Phi) is 7.76. The van der Waals surface area contributed by atoms with Crippen LogP contribution in [0.4, 0.5) is 0 Å². The van der Waals surface area contributed by atoms with E-state index in [1.807, 2.05) is 41.8 Å². The molecule has 9 heteroatoms. The molecule has 7 nitrogen and oxygen atoms in total. The second-order valence-electron chi connectivity index (χ2n) is 9.82. The predicted octanol–water partition coefficient (Wildman–Crippen LogP) is 3.15. The minimum Gasteiger partial charge on any atom is -0.459 e. The fourth-order valence-electron chi connectivity index (χ4n) is 3.48. The van der Waals surface area contributed by atoms with E-state index in [0.29, 0.717) is 0 Å². The highest BCUT2D eigenvalue weighted by Gasteiger charge is 2.57. The van der Waals surface area contributed by atoms with Crippen molar-refractivity contribution in [2.24, 2.45) is 0 Å². The van der Waals surface area contributed by atoms with Gasteiger partial charge in [0.2, 0.25) is 5.91 Å². The molecule has 31 heavy (non-hydrogen) atoms. The lowest BCUT2D eigenvalue weighted by atomic mass is 10.0. The van der Waals surface area contributed by atoms with Crippen LogP contribution in [0.15, 0.2) is 30.3 Å². The van der Waals surface area contributed by atoms with Crippen LogP contribution in [0.25, 0.3) is 0 Å². The average molecular weight is 470 g/mol. The molecule has 1 aromatic carbocycles. The Balaban J connectivity index is 2.10. The molecule has 1 amide bonds. The SMILES string of the molecule is C[C@H]1[C@H](O[C@@H](CCS(C)(=O)=O)C(=O)OCc2ccccc2)C(=O)N1[Si](C)(C)C(C)(C)C. The Bertz CT molecular complexity index is 894. The topological polar surface area (TPSA) is 90.0 Å². The Hall–Kier alpha value is -1.71. The monoisotopic (exact) mass is 469 g/mol. The van der Waals surface area contributed by atoms with Crippen molar-refractivity contribution in [2.75, 3.05) is 12.0 Å². The summed E-state index contributed by atoms with van der Waals surface area (Å²) in [6, 6.07) is 9.01. The molecule has 0 spiro atoms. The van der Waals surface area contributed by atoms with Crippen LogP contribution in [0.2, 0.25) is 18.1 Å². The molecule has 0 aliphatic carbocycles. The lowest BCUT2D eigenvalue weighted by molar-refractivity contribution is -0.182. The molecule has 1 aliphatic rings. The maximum absolute atomic E-state index is 13.0. The number of hydrogen-bond donors (Lipinski definition) is 0. The third-order valence-electron chi connectivity index (χ3n) is 6.31. The first-order valence-corrected chi connectivity index (χ1v) is 15.5. The zero-order valence-electron chi connectivity index (χ0n) is 19.5. The van der Waals surface area contributed by atoms with Gasteiger partial charge in [0.05, 0.1) is 11.8 Å². The molecular weight excluding hydrogens is 434 g/mol. The Morgan fingerprint density at radius 2 is 1.77 bits per heavy atom. The molecule has 1 fully saturated rings. The van der Waals surface area contributed by atoms with Crippen molar-refractivity contribution in [3.63, 3.8) is 0 Å². The molecule has 1 aliphatic heterocycles. The molecule has 1 aromatic rings. The second-order valence-corrected chi connectivity index (χ2v) is 17.2. The molecular formula is C22H35NO6SSi. The summed E-state index contributed by atoms with van der Waals surface area (Å²) >= 11 is 0. The summed E-state index contributed by atoms with van der Waals surface area (Å²) in [7, 11) is -5.38. The van der Waals surface area contributed by atoms with Crippen LogP contribution in [-0.4, -0.2) is 63.4 Å². The Morgan fingerprint density at radius 3 is 2.26 bits per heavy atom. The number of nitrogens with zero attached hydrogens (tertiary/aromatic N) is 1. The first-order valence-electron chi connectivity index (χ1n) is 10.5. The average Bonchev–Trinajstić information content (AvgIpc) is 2.65. The van der Waals surface area contributed by atoms with E-state index in [1.54, 1.807) is 0 Å². The van der Waals surface area contributed by atoms with Crippen LogP contribution in [-0.2, 0) is 35.5 Å². The van der Waals surface area contributed by atoms with Gasteiger partial charge in [-0.1, -0.05) is 64.2 Å². The Labute approximate surface area is 187 Å². The molecule has 0 N–H and O–H groups in total. The van der Waals surface area contributed by atoms with Crippen molar-refractivity contribution in [3.05, 3.63) is 35.9 Å². The summed E-state index contributed by atoms with van der Waals surface area (Å²) in [5.74, 6) is -1.02. The van der Waals surface area contributed by atoms with E-state index in [1.165, 1.54) is 0 Å². The second kappa shape index (κ2) is 9.42. The number of ether oxygens (including phenoxy) is 2. The highest BCUT2D eigenvalue weighted by Crippen LogP contribution is 2.43. The van der Waals surface area contributed by atoms with Gasteiger partial charge in [-0.15, -0.1) is 0 Å². The molecule has 0 unspecified atom stereocenters. The standard InChI is InChI=1S/C22H35NO6SSi/c1-16-19(20(24)23(16)31(6,7)22(2,3)4)29-18(13-14-30(5,26)27)21(25)28-15-17-11-9-8-10-12-17/h8-12,16,18-19H,13-15H2,1-7H3/t16-,18-,19-/m0/s1. The minimum absolute atomic E-state index is 0.0216. The van der Waals surface area contributed by atoms with Gasteiger partial charge in [0.1, 0.15) is 16.4 Å². The Morgan fingerprint density at radius 1 is 1.19 bits per heavy atom. The van der Waals surface area contributed by atoms with Gasteiger partial charge in [0.15, 0.2) is 20.4 Å². The minimum atomic E-state index is -3.30. The smallest absolute Gasteiger partial charge is 0.335 e. The van der Waals surface area contributed by atoms with Crippen LogP contribution in [0.5, 0.6) is 0 Å². The first kappa shape index (κ1) is 25.5. The zero-order valence-corrected chi connectivity index (χ0v) is 21.4. The molecule has 174 valence electrons. The summed E-state index contributed by atoms with van der Waals surface area (Å²) in [4.78, 5) is 25.7. The molecule has 0 bridgehead atoms. The van der Waals surface area contributed by atoms with Crippen molar-refractivity contribution >= 4 is 29.9 Å². The van der Waals surface area contributed by atoms with Crippen LogP contribution in [0.1, 0.15) is 39.7 Å². The highest BCUT2D eigenvalue weighted by molar-refractivity contribution is 7.90. The van der Waals surface area contributed by atoms with Crippen molar-refractivity contribution < 1.29 is 27.5 Å². The van der Waals surface area contributed by atoms with E-state index >= 15 is 0 Å². The number of β-lactam (4-membered cyclic amide) rings is 1. The van der Waals surface area contributed by atoms with Crippen molar-refractivity contribution in [3.8, 4) is 0 Å². The first-order chi connectivity index (χ1) is 14.1. The van der Waals surface area contributed by atoms with Gasteiger partial charge in [-0.25, -0.2) is 13.2 Å². The molecule has 0 aromatic heterocycles. The van der Waals surface area contributed by atoms with Crippen molar-refractivity contribution in [2.45, 2.75) is 77.1 Å². The van der Waals surface area contributed by atoms with Crippen LogP contribution >= 0.6 is 0 Å². The van der Waals surface area contributed by atoms with Gasteiger partial charge >= 0.3 is 5.97 Å². The molecule has 1 saturated heterocycles. The van der Waals surface area contributed by atoms with Gasteiger partial charge < -0.3 is 14.0 Å². The maximum atomic E-state index is 13.0. The van der Waals surface area contributed by atoms with E-state index in [9.17, 15) is 18.0 Å². The summed E-state index contributed by atoms with van der Waals surface area (Å²) in [5.41, 5.74) is 0.815. The van der Waals surface area contributed by atoms with E-state index in [4.69, 9.17) is 9.47 Å². The number of carbonyl (C=O) groups is 2. The summed E-state index contributed by atoms with van der Waals surface area (Å²) in [6.07, 6.45) is -0.835. The number of sulfone groups is 1. The number of esters is 1. The lowest BCUT2D eigenvalue weighted by Gasteiger charge is -2.57. The van der Waals surface area contributed by atoms with Crippen molar-refractivity contribution in [1.29, 1.82) is 0 Å². The molecule has 3 atom stereocenters. The zero-order chi connectivity index (χ0) is 23.6. The number of carbonyl (C=O) groups excluding carboxylic acids is 2. The molecule has 1 heterocycles. The van der Waals surface area contributed by atoms with Gasteiger partial charge in [-0.05, 0) is 23.9 Å². The fourth-order valence-corrected chi connectivity index (χ4v) is 6.67.